The van der Waals surface area contributed by atoms with Gasteiger partial charge in [-0.2, -0.15) is 0 Å². The number of hydrogen-bond acceptors (Lipinski definition) is 6. The maximum atomic E-state index is 12.4. The highest BCUT2D eigenvalue weighted by Crippen LogP contribution is 2.28. The van der Waals surface area contributed by atoms with Gasteiger partial charge in [0.25, 0.3) is 0 Å². The second-order valence-corrected chi connectivity index (χ2v) is 9.23. The molecule has 2 aromatic rings. The first-order valence-electron chi connectivity index (χ1n) is 10.9. The van der Waals surface area contributed by atoms with E-state index >= 15 is 0 Å². The summed E-state index contributed by atoms with van der Waals surface area (Å²) in [5.41, 5.74) is 0.538. The van der Waals surface area contributed by atoms with E-state index in [0.717, 1.165) is 4.88 Å². The fraction of sp³-hybridized carbons (Fsp3) is 0.478. The summed E-state index contributed by atoms with van der Waals surface area (Å²) < 4.78 is 45.7. The Morgan fingerprint density at radius 3 is 2.79 bits per heavy atom. The Morgan fingerprint density at radius 2 is 2.06 bits per heavy atom. The van der Waals surface area contributed by atoms with E-state index in [1.807, 2.05) is 4.90 Å². The number of aryl methyl sites for hydroxylation is 1. The summed E-state index contributed by atoms with van der Waals surface area (Å²) in [6, 6.07) is 8.97. The molecule has 1 aromatic carbocycles. The average molecular weight is 502 g/mol. The van der Waals surface area contributed by atoms with Crippen LogP contribution in [0, 0.1) is 0 Å². The molecular weight excluding hydrogens is 475 g/mol. The van der Waals surface area contributed by atoms with Crippen molar-refractivity contribution in [3.05, 3.63) is 46.8 Å². The summed E-state index contributed by atoms with van der Waals surface area (Å²) >= 11 is 1.25. The number of carbonyl (C=O) groups excluding carboxylic acids is 1. The highest BCUT2D eigenvalue weighted by atomic mass is 32.1. The van der Waals surface area contributed by atoms with Crippen molar-refractivity contribution in [2.75, 3.05) is 6.54 Å². The monoisotopic (exact) mass is 501 g/mol. The van der Waals surface area contributed by atoms with Crippen LogP contribution in [0.15, 0.2) is 36.4 Å². The number of rotatable bonds is 11. The standard InChI is InChI=1S/C23H26F3NO6S/c24-23(25,26)33-18-4-1-3-15(14-18)13-17(28)8-6-16-7-10-20(29)27(16)12-2-5-19-9-11-21(34-19)32-22(30)31/h1,3-4,9,11,14,16-17,28H,2,5-8,10,12-13H2,(H,30,31)/t16-,17+/m0/s1. The first kappa shape index (κ1) is 25.8. The van der Waals surface area contributed by atoms with E-state index in [-0.39, 0.29) is 24.1 Å². The lowest BCUT2D eigenvalue weighted by atomic mass is 10.0. The zero-order valence-corrected chi connectivity index (χ0v) is 19.1. The molecule has 1 amide bonds. The second kappa shape index (κ2) is 11.6. The Balaban J connectivity index is 1.44. The van der Waals surface area contributed by atoms with Crippen LogP contribution in [0.2, 0.25) is 0 Å². The topological polar surface area (TPSA) is 96.3 Å². The molecule has 0 aliphatic carbocycles. The van der Waals surface area contributed by atoms with Gasteiger partial charge in [0.15, 0.2) is 5.06 Å². The van der Waals surface area contributed by atoms with Crippen molar-refractivity contribution >= 4 is 23.4 Å². The lowest BCUT2D eigenvalue weighted by Crippen LogP contribution is -2.34. The highest BCUT2D eigenvalue weighted by Gasteiger charge is 2.32. The third-order valence-electron chi connectivity index (χ3n) is 5.54. The largest absolute Gasteiger partial charge is 0.573 e. The molecule has 1 saturated heterocycles. The minimum absolute atomic E-state index is 0.0105. The van der Waals surface area contributed by atoms with Gasteiger partial charge in [-0.05, 0) is 68.4 Å². The van der Waals surface area contributed by atoms with Crippen LogP contribution in [0.3, 0.4) is 0 Å². The number of aliphatic hydroxyl groups excluding tert-OH is 1. The van der Waals surface area contributed by atoms with Crippen LogP contribution in [0.25, 0.3) is 0 Å². The summed E-state index contributed by atoms with van der Waals surface area (Å²) in [5, 5.41) is 19.4. The fourth-order valence-electron chi connectivity index (χ4n) is 4.09. The molecule has 1 aliphatic heterocycles. The van der Waals surface area contributed by atoms with Crippen LogP contribution in [0.4, 0.5) is 18.0 Å². The number of thiophene rings is 1. The fourth-order valence-corrected chi connectivity index (χ4v) is 4.98. The van der Waals surface area contributed by atoms with Crippen molar-refractivity contribution in [2.45, 2.75) is 63.5 Å². The molecule has 11 heteroatoms. The summed E-state index contributed by atoms with van der Waals surface area (Å²) in [6.07, 6.45) is -3.12. The van der Waals surface area contributed by atoms with Crippen LogP contribution in [-0.2, 0) is 17.6 Å². The molecule has 2 atom stereocenters. The number of carboxylic acid groups (broad SMARTS) is 1. The van der Waals surface area contributed by atoms with Crippen LogP contribution in [0.1, 0.15) is 42.5 Å². The quantitative estimate of drug-likeness (QED) is 0.420. The molecule has 3 rings (SSSR count). The van der Waals surface area contributed by atoms with Crippen molar-refractivity contribution in [1.29, 1.82) is 0 Å². The number of benzene rings is 1. The van der Waals surface area contributed by atoms with Crippen LogP contribution < -0.4 is 9.47 Å². The number of hydrogen-bond donors (Lipinski definition) is 2. The molecule has 1 aliphatic rings. The number of carbonyl (C=O) groups is 2. The van der Waals surface area contributed by atoms with Gasteiger partial charge >= 0.3 is 12.5 Å². The smallest absolute Gasteiger partial charge is 0.449 e. The third kappa shape index (κ3) is 8.21. The van der Waals surface area contributed by atoms with Gasteiger partial charge in [-0.1, -0.05) is 12.1 Å². The predicted molar refractivity (Wildman–Crippen MR) is 118 cm³/mol. The van der Waals surface area contributed by atoms with Crippen molar-refractivity contribution in [1.82, 2.24) is 4.90 Å². The highest BCUT2D eigenvalue weighted by molar-refractivity contribution is 7.13. The minimum atomic E-state index is -4.77. The van der Waals surface area contributed by atoms with Crippen molar-refractivity contribution in [3.8, 4) is 10.8 Å². The van der Waals surface area contributed by atoms with E-state index < -0.39 is 18.6 Å². The van der Waals surface area contributed by atoms with Gasteiger partial charge in [0.2, 0.25) is 5.91 Å². The van der Waals surface area contributed by atoms with Crippen LogP contribution >= 0.6 is 11.3 Å². The number of ether oxygens (including phenoxy) is 2. The van der Waals surface area contributed by atoms with E-state index in [0.29, 0.717) is 55.7 Å². The van der Waals surface area contributed by atoms with Gasteiger partial charge in [-0.15, -0.1) is 24.5 Å². The van der Waals surface area contributed by atoms with Gasteiger partial charge in [-0.3, -0.25) is 4.79 Å². The number of alkyl halides is 3. The van der Waals surface area contributed by atoms with Crippen LogP contribution in [0.5, 0.6) is 10.8 Å². The Hall–Kier alpha value is -2.79. The minimum Gasteiger partial charge on any atom is -0.449 e. The van der Waals surface area contributed by atoms with E-state index in [4.69, 9.17) is 5.11 Å². The van der Waals surface area contributed by atoms with E-state index in [9.17, 15) is 27.9 Å². The molecule has 2 N–H and O–H groups in total. The van der Waals surface area contributed by atoms with Gasteiger partial charge < -0.3 is 24.6 Å². The van der Waals surface area contributed by atoms with Gasteiger partial charge in [0, 0.05) is 23.9 Å². The SMILES string of the molecule is O=C(O)Oc1ccc(CCCN2C(=O)CC[C@@H]2CC[C@@H](O)Cc2cccc(OC(F)(F)F)c2)s1. The summed E-state index contributed by atoms with van der Waals surface area (Å²) in [4.78, 5) is 25.7. The normalized spacial score (nSPS) is 17.1. The Morgan fingerprint density at radius 1 is 1.26 bits per heavy atom. The molecule has 7 nitrogen and oxygen atoms in total. The average Bonchev–Trinajstić information content (AvgIpc) is 3.31. The Kier molecular flexibility index (Phi) is 8.78. The molecule has 1 aromatic heterocycles. The first-order chi connectivity index (χ1) is 16.1. The number of amides is 1. The lowest BCUT2D eigenvalue weighted by Gasteiger charge is -2.25. The summed E-state index contributed by atoms with van der Waals surface area (Å²) in [5.74, 6) is -0.255. The van der Waals surface area contributed by atoms with E-state index in [1.54, 1.807) is 18.2 Å². The van der Waals surface area contributed by atoms with Gasteiger partial charge in [-0.25, -0.2) is 4.79 Å². The zero-order valence-electron chi connectivity index (χ0n) is 18.3. The van der Waals surface area contributed by atoms with Crippen molar-refractivity contribution < 1.29 is 42.4 Å². The number of aliphatic hydroxyl groups is 1. The number of halogens is 3. The van der Waals surface area contributed by atoms with Crippen molar-refractivity contribution in [3.63, 3.8) is 0 Å². The zero-order chi connectivity index (χ0) is 24.7. The van der Waals surface area contributed by atoms with Gasteiger partial charge in [0.05, 0.1) is 6.10 Å². The third-order valence-corrected chi connectivity index (χ3v) is 6.56. The molecule has 0 radical (unpaired) electrons. The predicted octanol–water partition coefficient (Wildman–Crippen LogP) is 5.01. The second-order valence-electron chi connectivity index (χ2n) is 8.10. The number of likely N-dealkylation sites (tertiary alicyclic amines) is 1. The van der Waals surface area contributed by atoms with E-state index in [2.05, 4.69) is 9.47 Å². The first-order valence-corrected chi connectivity index (χ1v) is 11.7. The molecule has 0 saturated carbocycles. The molecule has 1 fully saturated rings. The molecule has 0 spiro atoms. The molecule has 186 valence electrons. The maximum Gasteiger partial charge on any atom is 0.573 e. The van der Waals surface area contributed by atoms with Crippen LogP contribution in [-0.4, -0.2) is 52.2 Å². The molecule has 2 heterocycles. The summed E-state index contributed by atoms with van der Waals surface area (Å²) in [6.45, 7) is 0.559. The lowest BCUT2D eigenvalue weighted by molar-refractivity contribution is -0.274. The molecule has 34 heavy (non-hydrogen) atoms. The van der Waals surface area contributed by atoms with E-state index in [1.165, 1.54) is 29.5 Å². The summed E-state index contributed by atoms with van der Waals surface area (Å²) in [7, 11) is 0. The Labute approximate surface area is 198 Å². The molecule has 0 unspecified atom stereocenters. The molecule has 0 bridgehead atoms. The molecular formula is C23H26F3NO6S. The van der Waals surface area contributed by atoms with Crippen molar-refractivity contribution in [2.24, 2.45) is 0 Å². The van der Waals surface area contributed by atoms with Gasteiger partial charge in [0.1, 0.15) is 5.75 Å². The Bertz CT molecular complexity index is 980. The number of nitrogens with zero attached hydrogens (tertiary/aromatic N) is 1. The maximum absolute atomic E-state index is 12.4.